The van der Waals surface area contributed by atoms with Crippen molar-refractivity contribution in [2.24, 2.45) is 11.8 Å². The van der Waals surface area contributed by atoms with Crippen LogP contribution < -0.4 is 5.32 Å². The molecule has 21 heavy (non-hydrogen) atoms. The molecule has 116 valence electrons. The molecule has 2 atom stereocenters. The summed E-state index contributed by atoms with van der Waals surface area (Å²) in [4.78, 5) is 14.6. The molecule has 1 aliphatic heterocycles. The van der Waals surface area contributed by atoms with Crippen LogP contribution in [-0.4, -0.2) is 30.4 Å². The fraction of sp³-hybridized carbons (Fsp3) is 0.611. The number of carbonyl (C=O) groups is 1. The van der Waals surface area contributed by atoms with E-state index in [1.807, 2.05) is 0 Å². The largest absolute Gasteiger partial charge is 0.324 e. The van der Waals surface area contributed by atoms with Gasteiger partial charge < -0.3 is 5.32 Å². The average molecular weight is 288 g/mol. The monoisotopic (exact) mass is 288 g/mol. The number of likely N-dealkylation sites (tertiary alicyclic amines) is 1. The van der Waals surface area contributed by atoms with Crippen LogP contribution >= 0.6 is 0 Å². The second-order valence-electron chi connectivity index (χ2n) is 6.96. The highest BCUT2D eigenvalue weighted by molar-refractivity contribution is 5.93. The Kier molecular flexibility index (Phi) is 5.04. The molecule has 1 aromatic carbocycles. The van der Waals surface area contributed by atoms with Gasteiger partial charge in [-0.25, -0.2) is 0 Å². The van der Waals surface area contributed by atoms with Crippen molar-refractivity contribution in [3.8, 4) is 0 Å². The van der Waals surface area contributed by atoms with Crippen molar-refractivity contribution < 1.29 is 4.79 Å². The number of piperidine rings is 1. The topological polar surface area (TPSA) is 32.3 Å². The summed E-state index contributed by atoms with van der Waals surface area (Å²) >= 11 is 0. The summed E-state index contributed by atoms with van der Waals surface area (Å²) in [5.74, 6) is 1.47. The molecule has 0 radical (unpaired) electrons. The van der Waals surface area contributed by atoms with Crippen molar-refractivity contribution in [3.63, 3.8) is 0 Å². The maximum absolute atomic E-state index is 12.3. The first kappa shape index (κ1) is 16.0. The van der Waals surface area contributed by atoms with Gasteiger partial charge in [-0.2, -0.15) is 0 Å². The number of anilines is 1. The van der Waals surface area contributed by atoms with Crippen molar-refractivity contribution in [2.45, 2.75) is 41.0 Å². The Labute approximate surface area is 128 Å². The van der Waals surface area contributed by atoms with Gasteiger partial charge in [0.1, 0.15) is 0 Å². The molecule has 1 aromatic rings. The van der Waals surface area contributed by atoms with Gasteiger partial charge in [-0.3, -0.25) is 9.69 Å². The van der Waals surface area contributed by atoms with E-state index in [0.29, 0.717) is 18.4 Å². The lowest BCUT2D eigenvalue weighted by Gasteiger charge is -2.34. The molecule has 1 fully saturated rings. The predicted molar refractivity (Wildman–Crippen MR) is 88.7 cm³/mol. The summed E-state index contributed by atoms with van der Waals surface area (Å²) in [7, 11) is 0. The van der Waals surface area contributed by atoms with E-state index in [9.17, 15) is 4.79 Å². The fourth-order valence-corrected chi connectivity index (χ4v) is 3.68. The number of nitrogens with one attached hydrogen (secondary N) is 1. The van der Waals surface area contributed by atoms with Crippen LogP contribution in [0.25, 0.3) is 0 Å². The average Bonchev–Trinajstić information content (AvgIpc) is 2.32. The van der Waals surface area contributed by atoms with Crippen LogP contribution in [0.2, 0.25) is 0 Å². The Morgan fingerprint density at radius 1 is 1.14 bits per heavy atom. The van der Waals surface area contributed by atoms with Gasteiger partial charge in [-0.05, 0) is 50.2 Å². The zero-order chi connectivity index (χ0) is 15.6. The summed E-state index contributed by atoms with van der Waals surface area (Å²) < 4.78 is 0. The second-order valence-corrected chi connectivity index (χ2v) is 6.96. The first-order valence-corrected chi connectivity index (χ1v) is 7.95. The second kappa shape index (κ2) is 6.61. The number of aryl methyl sites for hydroxylation is 3. The Balaban J connectivity index is 1.99. The number of carbonyl (C=O) groups excluding carboxylic acids is 1. The van der Waals surface area contributed by atoms with E-state index in [2.05, 4.69) is 57.0 Å². The van der Waals surface area contributed by atoms with Gasteiger partial charge in [0.15, 0.2) is 0 Å². The van der Waals surface area contributed by atoms with E-state index in [1.165, 1.54) is 12.0 Å². The molecule has 0 spiro atoms. The highest BCUT2D eigenvalue weighted by Crippen LogP contribution is 2.23. The minimum Gasteiger partial charge on any atom is -0.324 e. The van der Waals surface area contributed by atoms with Gasteiger partial charge in [0.05, 0.1) is 6.54 Å². The van der Waals surface area contributed by atoms with Gasteiger partial charge in [-0.15, -0.1) is 0 Å². The van der Waals surface area contributed by atoms with Gasteiger partial charge in [0.2, 0.25) is 5.91 Å². The minimum absolute atomic E-state index is 0.103. The summed E-state index contributed by atoms with van der Waals surface area (Å²) in [5.41, 5.74) is 4.49. The van der Waals surface area contributed by atoms with Gasteiger partial charge in [0.25, 0.3) is 0 Å². The van der Waals surface area contributed by atoms with Crippen LogP contribution in [0.3, 0.4) is 0 Å². The molecule has 1 N–H and O–H groups in total. The van der Waals surface area contributed by atoms with Gasteiger partial charge >= 0.3 is 0 Å². The molecule has 0 aromatic heterocycles. The molecule has 0 unspecified atom stereocenters. The quantitative estimate of drug-likeness (QED) is 0.923. The Bertz CT molecular complexity index is 491. The predicted octanol–water partition coefficient (Wildman–Crippen LogP) is 3.53. The van der Waals surface area contributed by atoms with Crippen molar-refractivity contribution in [1.29, 1.82) is 0 Å². The number of rotatable bonds is 3. The Morgan fingerprint density at radius 2 is 1.67 bits per heavy atom. The summed E-state index contributed by atoms with van der Waals surface area (Å²) in [6, 6.07) is 4.24. The van der Waals surface area contributed by atoms with Crippen LogP contribution in [-0.2, 0) is 4.79 Å². The molecule has 0 bridgehead atoms. The smallest absolute Gasteiger partial charge is 0.238 e. The number of hydrogen-bond acceptors (Lipinski definition) is 2. The molecule has 1 heterocycles. The zero-order valence-electron chi connectivity index (χ0n) is 14.0. The van der Waals surface area contributed by atoms with Crippen molar-refractivity contribution in [1.82, 2.24) is 4.90 Å². The standard InChI is InChI=1S/C18H28N2O/c1-12-7-15(4)18(16(5)8-12)19-17(21)11-20-9-13(2)6-14(3)10-20/h7-8,13-14H,6,9-11H2,1-5H3,(H,19,21)/t13-,14-/m1/s1. The molecule has 0 aliphatic carbocycles. The van der Waals surface area contributed by atoms with E-state index in [4.69, 9.17) is 0 Å². The zero-order valence-corrected chi connectivity index (χ0v) is 14.0. The van der Waals surface area contributed by atoms with E-state index < -0.39 is 0 Å². The SMILES string of the molecule is Cc1cc(C)c(NC(=O)CN2C[C@H](C)C[C@@H](C)C2)c(C)c1. The summed E-state index contributed by atoms with van der Waals surface area (Å²) in [6.07, 6.45) is 1.27. The lowest BCUT2D eigenvalue weighted by atomic mass is 9.92. The van der Waals surface area contributed by atoms with Crippen LogP contribution in [0.5, 0.6) is 0 Å². The van der Waals surface area contributed by atoms with Crippen molar-refractivity contribution >= 4 is 11.6 Å². The highest BCUT2D eigenvalue weighted by Gasteiger charge is 2.23. The van der Waals surface area contributed by atoms with Crippen LogP contribution in [0, 0.1) is 32.6 Å². The third-order valence-corrected chi connectivity index (χ3v) is 4.25. The maximum Gasteiger partial charge on any atom is 0.238 e. The van der Waals surface area contributed by atoms with E-state index >= 15 is 0 Å². The molecule has 1 saturated heterocycles. The summed E-state index contributed by atoms with van der Waals surface area (Å²) in [6.45, 7) is 13.3. The Hall–Kier alpha value is -1.35. The molecule has 2 rings (SSSR count). The van der Waals surface area contributed by atoms with Crippen molar-refractivity contribution in [3.05, 3.63) is 28.8 Å². The first-order chi connectivity index (χ1) is 9.85. The normalized spacial score (nSPS) is 23.1. The molecule has 0 saturated carbocycles. The first-order valence-electron chi connectivity index (χ1n) is 7.95. The fourth-order valence-electron chi connectivity index (χ4n) is 3.68. The highest BCUT2D eigenvalue weighted by atomic mass is 16.2. The third-order valence-electron chi connectivity index (χ3n) is 4.25. The molecule has 3 heteroatoms. The van der Waals surface area contributed by atoms with Gasteiger partial charge in [0, 0.05) is 18.8 Å². The van der Waals surface area contributed by atoms with Crippen LogP contribution in [0.1, 0.15) is 37.0 Å². The lowest BCUT2D eigenvalue weighted by molar-refractivity contribution is -0.117. The number of amides is 1. The molecule has 3 nitrogen and oxygen atoms in total. The molecule has 1 aliphatic rings. The van der Waals surface area contributed by atoms with Crippen LogP contribution in [0.4, 0.5) is 5.69 Å². The Morgan fingerprint density at radius 3 is 2.19 bits per heavy atom. The van der Waals surface area contributed by atoms with E-state index in [1.54, 1.807) is 0 Å². The number of nitrogens with zero attached hydrogens (tertiary/aromatic N) is 1. The van der Waals surface area contributed by atoms with Crippen molar-refractivity contribution in [2.75, 3.05) is 25.0 Å². The minimum atomic E-state index is 0.103. The van der Waals surface area contributed by atoms with Gasteiger partial charge in [-0.1, -0.05) is 31.5 Å². The maximum atomic E-state index is 12.3. The van der Waals surface area contributed by atoms with Crippen LogP contribution in [0.15, 0.2) is 12.1 Å². The molecule has 1 amide bonds. The third kappa shape index (κ3) is 4.31. The number of hydrogen-bond donors (Lipinski definition) is 1. The molecular weight excluding hydrogens is 260 g/mol. The molecular formula is C18H28N2O. The lowest BCUT2D eigenvalue weighted by Crippen LogP contribution is -2.42. The summed E-state index contributed by atoms with van der Waals surface area (Å²) in [5, 5.41) is 3.10. The number of benzene rings is 1. The van der Waals surface area contributed by atoms with E-state index in [-0.39, 0.29) is 5.91 Å². The van der Waals surface area contributed by atoms with E-state index in [0.717, 1.165) is 29.9 Å².